The second-order valence-corrected chi connectivity index (χ2v) is 6.59. The minimum atomic E-state index is -4.14. The molecular formula is C12H16F2N2O3S. The third kappa shape index (κ3) is 2.63. The maximum atomic E-state index is 13.7. The lowest BCUT2D eigenvalue weighted by Gasteiger charge is -2.36. The fourth-order valence-corrected chi connectivity index (χ4v) is 3.90. The molecule has 1 aromatic rings. The minimum Gasteiger partial charge on any atom is -0.396 e. The Morgan fingerprint density at radius 3 is 2.45 bits per heavy atom. The van der Waals surface area contributed by atoms with Crippen LogP contribution >= 0.6 is 0 Å². The molecule has 5 nitrogen and oxygen atoms in total. The molecule has 3 N–H and O–H groups in total. The number of nitrogens with zero attached hydrogens (tertiary/aromatic N) is 1. The number of nitrogen functional groups attached to an aromatic ring is 1. The molecule has 0 spiro atoms. The molecular weight excluding hydrogens is 290 g/mol. The van der Waals surface area contributed by atoms with Crippen molar-refractivity contribution < 1.29 is 22.3 Å². The molecule has 8 heteroatoms. The summed E-state index contributed by atoms with van der Waals surface area (Å²) in [7, 11) is -4.14. The Morgan fingerprint density at radius 2 is 1.95 bits per heavy atom. The van der Waals surface area contributed by atoms with Crippen LogP contribution in [0.15, 0.2) is 17.0 Å². The number of hydrogen-bond acceptors (Lipinski definition) is 4. The molecule has 20 heavy (non-hydrogen) atoms. The first-order chi connectivity index (χ1) is 9.37. The predicted octanol–water partition coefficient (Wildman–Crippen LogP) is 1.08. The van der Waals surface area contributed by atoms with Crippen molar-refractivity contribution in [3.8, 4) is 0 Å². The van der Waals surface area contributed by atoms with Gasteiger partial charge in [0.05, 0.1) is 12.3 Å². The van der Waals surface area contributed by atoms with Gasteiger partial charge in [-0.25, -0.2) is 17.2 Å². The minimum absolute atomic E-state index is 0.121. The number of aliphatic hydroxyl groups is 1. The van der Waals surface area contributed by atoms with Crippen molar-refractivity contribution in [2.45, 2.75) is 30.2 Å². The normalized spacial score (nSPS) is 16.4. The van der Waals surface area contributed by atoms with Gasteiger partial charge in [0, 0.05) is 18.7 Å². The molecule has 1 aliphatic carbocycles. The lowest BCUT2D eigenvalue weighted by Crippen LogP contribution is -2.45. The third-order valence-electron chi connectivity index (χ3n) is 3.44. The quantitative estimate of drug-likeness (QED) is 0.797. The molecule has 2 rings (SSSR count). The molecule has 0 saturated heterocycles. The Kier molecular flexibility index (Phi) is 4.26. The zero-order valence-electron chi connectivity index (χ0n) is 10.7. The van der Waals surface area contributed by atoms with Crippen LogP contribution in [0.1, 0.15) is 19.3 Å². The predicted molar refractivity (Wildman–Crippen MR) is 69.4 cm³/mol. The Labute approximate surface area is 116 Å². The van der Waals surface area contributed by atoms with Crippen LogP contribution < -0.4 is 5.73 Å². The van der Waals surface area contributed by atoms with Crippen molar-refractivity contribution in [1.29, 1.82) is 0 Å². The van der Waals surface area contributed by atoms with Gasteiger partial charge in [-0.05, 0) is 18.9 Å². The highest BCUT2D eigenvalue weighted by molar-refractivity contribution is 7.89. The van der Waals surface area contributed by atoms with E-state index in [2.05, 4.69) is 0 Å². The Morgan fingerprint density at radius 1 is 1.30 bits per heavy atom. The van der Waals surface area contributed by atoms with Crippen LogP contribution in [-0.2, 0) is 10.0 Å². The molecule has 0 bridgehead atoms. The van der Waals surface area contributed by atoms with E-state index in [0.29, 0.717) is 18.9 Å². The van der Waals surface area contributed by atoms with Gasteiger partial charge < -0.3 is 10.8 Å². The Balaban J connectivity index is 2.44. The largest absolute Gasteiger partial charge is 0.396 e. The summed E-state index contributed by atoms with van der Waals surface area (Å²) in [5.41, 5.74) is 4.88. The maximum Gasteiger partial charge on any atom is 0.246 e. The summed E-state index contributed by atoms with van der Waals surface area (Å²) in [6.07, 6.45) is 2.21. The number of anilines is 1. The highest BCUT2D eigenvalue weighted by Gasteiger charge is 2.36. The fourth-order valence-electron chi connectivity index (χ4n) is 2.14. The molecule has 0 aliphatic heterocycles. The highest BCUT2D eigenvalue weighted by Crippen LogP contribution is 2.31. The van der Waals surface area contributed by atoms with E-state index in [0.717, 1.165) is 16.8 Å². The van der Waals surface area contributed by atoms with E-state index in [1.807, 2.05) is 0 Å². The summed E-state index contributed by atoms with van der Waals surface area (Å²) in [6.45, 7) is -0.488. The summed E-state index contributed by atoms with van der Waals surface area (Å²) >= 11 is 0. The molecule has 0 atom stereocenters. The van der Waals surface area contributed by atoms with Gasteiger partial charge in [-0.1, -0.05) is 6.42 Å². The summed E-state index contributed by atoms with van der Waals surface area (Å²) in [4.78, 5) is -0.656. The van der Waals surface area contributed by atoms with Gasteiger partial charge in [-0.15, -0.1) is 0 Å². The lowest BCUT2D eigenvalue weighted by molar-refractivity contribution is 0.178. The van der Waals surface area contributed by atoms with Crippen LogP contribution in [0.25, 0.3) is 0 Å². The third-order valence-corrected chi connectivity index (χ3v) is 5.41. The highest BCUT2D eigenvalue weighted by atomic mass is 32.2. The Hall–Kier alpha value is -1.25. The van der Waals surface area contributed by atoms with Crippen molar-refractivity contribution >= 4 is 15.7 Å². The second kappa shape index (κ2) is 5.63. The molecule has 1 saturated carbocycles. The van der Waals surface area contributed by atoms with E-state index in [4.69, 9.17) is 10.8 Å². The van der Waals surface area contributed by atoms with Gasteiger partial charge in [0.2, 0.25) is 10.0 Å². The first-order valence-corrected chi connectivity index (χ1v) is 7.69. The van der Waals surface area contributed by atoms with E-state index >= 15 is 0 Å². The van der Waals surface area contributed by atoms with Crippen molar-refractivity contribution in [1.82, 2.24) is 4.31 Å². The average molecular weight is 306 g/mol. The number of aliphatic hydroxyl groups excluding tert-OH is 1. The van der Waals surface area contributed by atoms with Crippen LogP contribution in [0.5, 0.6) is 0 Å². The molecule has 112 valence electrons. The van der Waals surface area contributed by atoms with Crippen molar-refractivity contribution in [3.05, 3.63) is 23.8 Å². The van der Waals surface area contributed by atoms with Gasteiger partial charge in [0.25, 0.3) is 0 Å². The summed E-state index contributed by atoms with van der Waals surface area (Å²) in [6, 6.07) is 0.987. The zero-order valence-corrected chi connectivity index (χ0v) is 11.5. The number of rotatable bonds is 5. The molecule has 1 aliphatic rings. The van der Waals surface area contributed by atoms with Crippen LogP contribution in [-0.4, -0.2) is 37.0 Å². The topological polar surface area (TPSA) is 83.6 Å². The van der Waals surface area contributed by atoms with Gasteiger partial charge in [-0.2, -0.15) is 4.31 Å². The smallest absolute Gasteiger partial charge is 0.246 e. The van der Waals surface area contributed by atoms with Crippen molar-refractivity contribution in [3.63, 3.8) is 0 Å². The summed E-state index contributed by atoms with van der Waals surface area (Å²) < 4.78 is 52.8. The SMILES string of the molecule is Nc1cc(S(=O)(=O)N(CCO)C2CCC2)c(F)cc1F. The van der Waals surface area contributed by atoms with Gasteiger partial charge in [-0.3, -0.25) is 0 Å². The molecule has 0 radical (unpaired) electrons. The van der Waals surface area contributed by atoms with Gasteiger partial charge >= 0.3 is 0 Å². The Bertz CT molecular complexity index is 603. The monoisotopic (exact) mass is 306 g/mol. The zero-order chi connectivity index (χ0) is 14.9. The number of halogens is 2. The van der Waals surface area contributed by atoms with E-state index in [1.54, 1.807) is 0 Å². The fraction of sp³-hybridized carbons (Fsp3) is 0.500. The van der Waals surface area contributed by atoms with Crippen molar-refractivity contribution in [2.75, 3.05) is 18.9 Å². The van der Waals surface area contributed by atoms with E-state index in [1.165, 1.54) is 0 Å². The average Bonchev–Trinajstić information content (AvgIpc) is 2.30. The number of sulfonamides is 1. The number of nitrogens with two attached hydrogens (primary N) is 1. The molecule has 0 unspecified atom stereocenters. The summed E-state index contributed by atoms with van der Waals surface area (Å²) in [5, 5.41) is 9.00. The van der Waals surface area contributed by atoms with E-state index in [-0.39, 0.29) is 19.2 Å². The molecule has 0 heterocycles. The van der Waals surface area contributed by atoms with E-state index in [9.17, 15) is 17.2 Å². The standard InChI is InChI=1S/C12H16F2N2O3S/c13-9-6-10(14)12(7-11(9)15)20(18,19)16(4-5-17)8-2-1-3-8/h6-8,17H,1-5,15H2. The van der Waals surface area contributed by atoms with Crippen LogP contribution in [0, 0.1) is 11.6 Å². The molecule has 0 amide bonds. The van der Waals surface area contributed by atoms with E-state index < -0.39 is 32.2 Å². The van der Waals surface area contributed by atoms with Crippen LogP contribution in [0.3, 0.4) is 0 Å². The molecule has 1 aromatic carbocycles. The van der Waals surface area contributed by atoms with Gasteiger partial charge in [0.1, 0.15) is 16.5 Å². The van der Waals surface area contributed by atoms with Crippen LogP contribution in [0.2, 0.25) is 0 Å². The van der Waals surface area contributed by atoms with Gasteiger partial charge in [0.15, 0.2) is 0 Å². The first kappa shape index (κ1) is 15.1. The second-order valence-electron chi connectivity index (χ2n) is 4.73. The number of benzene rings is 1. The number of hydrogen-bond donors (Lipinski definition) is 2. The summed E-state index contributed by atoms with van der Waals surface area (Å²) in [5.74, 6) is -2.18. The molecule has 1 fully saturated rings. The first-order valence-electron chi connectivity index (χ1n) is 6.25. The lowest BCUT2D eigenvalue weighted by atomic mass is 9.93. The van der Waals surface area contributed by atoms with Crippen LogP contribution in [0.4, 0.5) is 14.5 Å². The molecule has 0 aromatic heterocycles. The van der Waals surface area contributed by atoms with Crippen molar-refractivity contribution in [2.24, 2.45) is 0 Å². The maximum absolute atomic E-state index is 13.7.